The van der Waals surface area contributed by atoms with Crippen LogP contribution in [0.5, 0.6) is 0 Å². The van der Waals surface area contributed by atoms with E-state index in [-0.39, 0.29) is 12.0 Å². The number of oxime groups is 1. The molecule has 0 spiro atoms. The third kappa shape index (κ3) is 4.26. The van der Waals surface area contributed by atoms with Gasteiger partial charge in [-0.1, -0.05) is 59.2 Å². The number of benzene rings is 2. The molecule has 1 aliphatic rings. The van der Waals surface area contributed by atoms with Crippen LogP contribution in [0.4, 0.5) is 0 Å². The fraction of sp³-hybridized carbons (Fsp3) is 0.182. The van der Waals surface area contributed by atoms with Gasteiger partial charge >= 0.3 is 0 Å². The Morgan fingerprint density at radius 3 is 2.57 bits per heavy atom. The van der Waals surface area contributed by atoms with Crippen molar-refractivity contribution in [2.24, 2.45) is 5.16 Å². The lowest BCUT2D eigenvalue weighted by Gasteiger charge is -2.24. The Morgan fingerprint density at radius 1 is 1.07 bits per heavy atom. The summed E-state index contributed by atoms with van der Waals surface area (Å²) in [5, 5.41) is 4.89. The van der Waals surface area contributed by atoms with Crippen LogP contribution < -0.4 is 0 Å². The topological polar surface area (TPSA) is 55.0 Å². The van der Waals surface area contributed by atoms with Gasteiger partial charge < -0.3 is 14.2 Å². The van der Waals surface area contributed by atoms with Crippen LogP contribution in [0.25, 0.3) is 0 Å². The van der Waals surface area contributed by atoms with Crippen molar-refractivity contribution in [2.75, 3.05) is 6.54 Å². The first-order valence-corrected chi connectivity index (χ1v) is 9.42. The van der Waals surface area contributed by atoms with Crippen molar-refractivity contribution in [2.45, 2.75) is 19.1 Å². The third-order valence-corrected chi connectivity index (χ3v) is 4.82. The predicted octanol–water partition coefficient (Wildman–Crippen LogP) is 4.77. The first-order chi connectivity index (χ1) is 13.7. The number of rotatable bonds is 6. The summed E-state index contributed by atoms with van der Waals surface area (Å²) in [6.07, 6.45) is 1.91. The highest BCUT2D eigenvalue weighted by Crippen LogP contribution is 2.21. The highest BCUT2D eigenvalue weighted by Gasteiger charge is 2.28. The molecule has 0 fully saturated rings. The van der Waals surface area contributed by atoms with Crippen LogP contribution in [0.2, 0.25) is 5.02 Å². The van der Waals surface area contributed by atoms with Crippen LogP contribution >= 0.6 is 11.6 Å². The van der Waals surface area contributed by atoms with E-state index >= 15 is 0 Å². The Bertz CT molecular complexity index is 953. The second-order valence-electron chi connectivity index (χ2n) is 6.62. The number of hydrogen-bond donors (Lipinski definition) is 0. The van der Waals surface area contributed by atoms with Crippen LogP contribution in [0, 0.1) is 0 Å². The second-order valence-corrected chi connectivity index (χ2v) is 7.06. The summed E-state index contributed by atoms with van der Waals surface area (Å²) in [6, 6.07) is 20.7. The maximum Gasteiger partial charge on any atom is 0.289 e. The van der Waals surface area contributed by atoms with E-state index < -0.39 is 0 Å². The van der Waals surface area contributed by atoms with Crippen LogP contribution in [0.1, 0.15) is 28.1 Å². The van der Waals surface area contributed by atoms with E-state index in [1.807, 2.05) is 54.6 Å². The molecule has 28 heavy (non-hydrogen) atoms. The van der Waals surface area contributed by atoms with E-state index in [1.54, 1.807) is 17.0 Å². The summed E-state index contributed by atoms with van der Waals surface area (Å²) < 4.78 is 5.31. The SMILES string of the molecule is O=C(c1ccco1)N(Cc1ccccc1)CC1CC(c2ccc(Cl)cc2)=NO1. The molecule has 0 radical (unpaired) electrons. The molecule has 3 aromatic rings. The minimum atomic E-state index is -0.215. The van der Waals surface area contributed by atoms with Gasteiger partial charge in [-0.3, -0.25) is 4.79 Å². The molecule has 2 aromatic carbocycles. The molecule has 0 bridgehead atoms. The normalized spacial score (nSPS) is 15.8. The van der Waals surface area contributed by atoms with E-state index in [4.69, 9.17) is 20.9 Å². The fourth-order valence-electron chi connectivity index (χ4n) is 3.16. The number of hydrogen-bond acceptors (Lipinski definition) is 4. The lowest BCUT2D eigenvalue weighted by molar-refractivity contribution is 0.0387. The molecule has 1 aromatic heterocycles. The zero-order valence-corrected chi connectivity index (χ0v) is 15.9. The molecule has 1 amide bonds. The molecule has 0 saturated carbocycles. The third-order valence-electron chi connectivity index (χ3n) is 4.57. The second kappa shape index (κ2) is 8.31. The van der Waals surface area contributed by atoms with E-state index in [0.29, 0.717) is 30.3 Å². The van der Waals surface area contributed by atoms with E-state index in [9.17, 15) is 4.79 Å². The van der Waals surface area contributed by atoms with Gasteiger partial charge in [0.2, 0.25) is 0 Å². The van der Waals surface area contributed by atoms with Crippen LogP contribution in [-0.2, 0) is 11.4 Å². The summed E-state index contributed by atoms with van der Waals surface area (Å²) in [5.74, 6) is 0.144. The number of furan rings is 1. The maximum atomic E-state index is 12.9. The summed E-state index contributed by atoms with van der Waals surface area (Å²) >= 11 is 5.95. The van der Waals surface area contributed by atoms with Crippen molar-refractivity contribution in [1.29, 1.82) is 0 Å². The summed E-state index contributed by atoms with van der Waals surface area (Å²) in [5.41, 5.74) is 2.87. The minimum Gasteiger partial charge on any atom is -0.459 e. The van der Waals surface area contributed by atoms with Gasteiger partial charge in [-0.2, -0.15) is 0 Å². The van der Waals surface area contributed by atoms with E-state index in [2.05, 4.69) is 5.16 Å². The lowest BCUT2D eigenvalue weighted by atomic mass is 10.0. The Morgan fingerprint density at radius 2 is 1.86 bits per heavy atom. The Balaban J connectivity index is 1.47. The zero-order chi connectivity index (χ0) is 19.3. The first kappa shape index (κ1) is 18.3. The van der Waals surface area contributed by atoms with Gasteiger partial charge in [0.15, 0.2) is 11.9 Å². The molecule has 2 heterocycles. The van der Waals surface area contributed by atoms with Gasteiger partial charge in [0.1, 0.15) is 0 Å². The van der Waals surface area contributed by atoms with Gasteiger partial charge in [-0.15, -0.1) is 0 Å². The standard InChI is InChI=1S/C22H19ClN2O3/c23-18-10-8-17(9-11-18)20-13-19(28-24-20)15-25(14-16-5-2-1-3-6-16)22(26)21-7-4-12-27-21/h1-12,19H,13-15H2. The van der Waals surface area contributed by atoms with E-state index in [0.717, 1.165) is 16.8 Å². The summed E-state index contributed by atoms with van der Waals surface area (Å²) in [6.45, 7) is 0.880. The molecule has 0 saturated heterocycles. The van der Waals surface area contributed by atoms with Crippen molar-refractivity contribution in [3.63, 3.8) is 0 Å². The van der Waals surface area contributed by atoms with Crippen molar-refractivity contribution in [3.8, 4) is 0 Å². The molecular weight excluding hydrogens is 376 g/mol. The van der Waals surface area contributed by atoms with Gasteiger partial charge in [-0.25, -0.2) is 0 Å². The van der Waals surface area contributed by atoms with Crippen molar-refractivity contribution >= 4 is 23.2 Å². The molecule has 0 N–H and O–H groups in total. The lowest BCUT2D eigenvalue weighted by Crippen LogP contribution is -2.37. The zero-order valence-electron chi connectivity index (χ0n) is 15.1. The number of nitrogens with zero attached hydrogens (tertiary/aromatic N) is 2. The van der Waals surface area contributed by atoms with Gasteiger partial charge in [0.25, 0.3) is 5.91 Å². The number of carbonyl (C=O) groups excluding carboxylic acids is 1. The molecule has 1 atom stereocenters. The quantitative estimate of drug-likeness (QED) is 0.605. The molecule has 1 unspecified atom stereocenters. The van der Waals surface area contributed by atoms with Crippen molar-refractivity contribution < 1.29 is 14.0 Å². The molecule has 1 aliphatic heterocycles. The summed E-state index contributed by atoms with van der Waals surface area (Å²) in [4.78, 5) is 20.3. The number of amides is 1. The molecule has 5 nitrogen and oxygen atoms in total. The number of carbonyl (C=O) groups is 1. The highest BCUT2D eigenvalue weighted by molar-refractivity contribution is 6.30. The average molecular weight is 395 g/mol. The minimum absolute atomic E-state index is 0.169. The van der Waals surface area contributed by atoms with Crippen LogP contribution in [-0.4, -0.2) is 29.2 Å². The highest BCUT2D eigenvalue weighted by atomic mass is 35.5. The predicted molar refractivity (Wildman–Crippen MR) is 107 cm³/mol. The smallest absolute Gasteiger partial charge is 0.289 e. The molecular formula is C22H19ClN2O3. The van der Waals surface area contributed by atoms with Crippen LogP contribution in [0.3, 0.4) is 0 Å². The number of halogens is 1. The molecule has 6 heteroatoms. The monoisotopic (exact) mass is 394 g/mol. The van der Waals surface area contributed by atoms with Crippen molar-refractivity contribution in [1.82, 2.24) is 4.90 Å². The van der Waals surface area contributed by atoms with Crippen molar-refractivity contribution in [3.05, 3.63) is 94.9 Å². The molecule has 4 rings (SSSR count). The van der Waals surface area contributed by atoms with Crippen LogP contribution in [0.15, 0.2) is 82.6 Å². The van der Waals surface area contributed by atoms with Gasteiger partial charge in [0.05, 0.1) is 18.5 Å². The van der Waals surface area contributed by atoms with Gasteiger partial charge in [-0.05, 0) is 35.4 Å². The van der Waals surface area contributed by atoms with Gasteiger partial charge in [0, 0.05) is 18.0 Å². The molecule has 142 valence electrons. The Labute approximate surface area is 168 Å². The summed E-state index contributed by atoms with van der Waals surface area (Å²) in [7, 11) is 0. The Kier molecular flexibility index (Phi) is 5.44. The first-order valence-electron chi connectivity index (χ1n) is 9.04. The van der Waals surface area contributed by atoms with E-state index in [1.165, 1.54) is 6.26 Å². The fourth-order valence-corrected chi connectivity index (χ4v) is 3.29. The Hall–Kier alpha value is -3.05. The largest absolute Gasteiger partial charge is 0.459 e. The molecule has 0 aliphatic carbocycles. The average Bonchev–Trinajstić information content (AvgIpc) is 3.41. The maximum absolute atomic E-state index is 12.9.